The van der Waals surface area contributed by atoms with Gasteiger partial charge in [0.05, 0.1) is 0 Å². The van der Waals surface area contributed by atoms with E-state index >= 15 is 0 Å². The van der Waals surface area contributed by atoms with Crippen LogP contribution in [-0.2, 0) is 41.9 Å². The van der Waals surface area contributed by atoms with E-state index in [1.54, 1.807) is 30.3 Å². The van der Waals surface area contributed by atoms with Crippen molar-refractivity contribution in [3.8, 4) is 0 Å². The Labute approximate surface area is 203 Å². The molecule has 0 heterocycles. The highest BCUT2D eigenvalue weighted by molar-refractivity contribution is 6.06. The standard InChI is InChI=1S/C27H26N2O6/c30-23(34-18-20-10-4-1-5-11-20)16-28-26(32)25(22-14-8-3-9-15-22)27(33)29-17-24(31)35-19-21-12-6-2-7-13-21/h1-15,25H,16-19H2,(H,28,32)(H,29,33). The molecule has 0 bridgehead atoms. The highest BCUT2D eigenvalue weighted by Gasteiger charge is 2.29. The molecule has 8 nitrogen and oxygen atoms in total. The van der Waals surface area contributed by atoms with Gasteiger partial charge in [0.2, 0.25) is 11.8 Å². The minimum absolute atomic E-state index is 0.0727. The third-order valence-electron chi connectivity index (χ3n) is 4.96. The summed E-state index contributed by atoms with van der Waals surface area (Å²) in [4.78, 5) is 49.8. The molecule has 35 heavy (non-hydrogen) atoms. The first-order valence-electron chi connectivity index (χ1n) is 11.0. The summed E-state index contributed by atoms with van der Waals surface area (Å²) in [5.74, 6) is -3.93. The Kier molecular flexibility index (Phi) is 9.56. The first kappa shape index (κ1) is 25.2. The number of amides is 2. The number of nitrogens with one attached hydrogen (secondary N) is 2. The molecule has 0 saturated heterocycles. The van der Waals surface area contributed by atoms with Gasteiger partial charge in [-0.3, -0.25) is 19.2 Å². The minimum Gasteiger partial charge on any atom is -0.460 e. The van der Waals surface area contributed by atoms with Gasteiger partial charge in [-0.1, -0.05) is 91.0 Å². The van der Waals surface area contributed by atoms with Crippen molar-refractivity contribution in [2.75, 3.05) is 13.1 Å². The average Bonchev–Trinajstić information content (AvgIpc) is 2.90. The highest BCUT2D eigenvalue weighted by Crippen LogP contribution is 2.16. The Hall–Kier alpha value is -4.46. The molecular formula is C27H26N2O6. The van der Waals surface area contributed by atoms with Gasteiger partial charge in [0.1, 0.15) is 32.2 Å². The Balaban J connectivity index is 1.52. The van der Waals surface area contributed by atoms with Gasteiger partial charge in [0.25, 0.3) is 0 Å². The topological polar surface area (TPSA) is 111 Å². The lowest BCUT2D eigenvalue weighted by molar-refractivity contribution is -0.146. The van der Waals surface area contributed by atoms with Crippen LogP contribution in [0.25, 0.3) is 0 Å². The van der Waals surface area contributed by atoms with Crippen LogP contribution in [0, 0.1) is 0 Å². The van der Waals surface area contributed by atoms with Crippen LogP contribution in [0.15, 0.2) is 91.0 Å². The molecule has 0 aliphatic rings. The second-order valence-electron chi connectivity index (χ2n) is 7.57. The molecule has 0 aliphatic heterocycles. The molecule has 3 rings (SSSR count). The Morgan fingerprint density at radius 3 is 1.34 bits per heavy atom. The average molecular weight is 475 g/mol. The maximum atomic E-state index is 12.8. The molecule has 2 amide bonds. The molecule has 3 aromatic rings. The molecule has 0 radical (unpaired) electrons. The summed E-state index contributed by atoms with van der Waals surface area (Å²) in [6.07, 6.45) is 0. The van der Waals surface area contributed by atoms with E-state index in [-0.39, 0.29) is 13.2 Å². The van der Waals surface area contributed by atoms with E-state index in [2.05, 4.69) is 10.6 Å². The molecule has 0 spiro atoms. The molecule has 8 heteroatoms. The fourth-order valence-electron chi connectivity index (χ4n) is 3.17. The van der Waals surface area contributed by atoms with Gasteiger partial charge in [-0.2, -0.15) is 0 Å². The second-order valence-corrected chi connectivity index (χ2v) is 7.57. The van der Waals surface area contributed by atoms with E-state index in [9.17, 15) is 19.2 Å². The van der Waals surface area contributed by atoms with Crippen LogP contribution in [-0.4, -0.2) is 36.8 Å². The van der Waals surface area contributed by atoms with Crippen LogP contribution in [0.2, 0.25) is 0 Å². The van der Waals surface area contributed by atoms with E-state index in [0.717, 1.165) is 11.1 Å². The van der Waals surface area contributed by atoms with Crippen LogP contribution in [0.4, 0.5) is 0 Å². The van der Waals surface area contributed by atoms with Crippen LogP contribution >= 0.6 is 0 Å². The zero-order valence-electron chi connectivity index (χ0n) is 19.0. The largest absolute Gasteiger partial charge is 0.460 e. The summed E-state index contributed by atoms with van der Waals surface area (Å²) in [6.45, 7) is -0.657. The Bertz CT molecular complexity index is 1050. The first-order chi connectivity index (χ1) is 17.0. The molecule has 0 fully saturated rings. The van der Waals surface area contributed by atoms with Crippen molar-refractivity contribution >= 4 is 23.8 Å². The van der Waals surface area contributed by atoms with Crippen LogP contribution in [0.3, 0.4) is 0 Å². The van der Waals surface area contributed by atoms with Crippen LogP contribution < -0.4 is 10.6 Å². The lowest BCUT2D eigenvalue weighted by atomic mass is 9.97. The lowest BCUT2D eigenvalue weighted by Gasteiger charge is -2.17. The minimum atomic E-state index is -1.26. The molecule has 0 aromatic heterocycles. The number of hydrogen-bond acceptors (Lipinski definition) is 6. The molecular weight excluding hydrogens is 448 g/mol. The van der Waals surface area contributed by atoms with Crippen molar-refractivity contribution in [3.63, 3.8) is 0 Å². The maximum absolute atomic E-state index is 12.8. The lowest BCUT2D eigenvalue weighted by Crippen LogP contribution is -2.43. The number of carbonyl (C=O) groups is 4. The molecule has 180 valence electrons. The molecule has 0 atom stereocenters. The summed E-state index contributed by atoms with van der Waals surface area (Å²) in [7, 11) is 0. The SMILES string of the molecule is O=C(CNC(=O)C(C(=O)NCC(=O)OCc1ccccc1)c1ccccc1)OCc1ccccc1. The second kappa shape index (κ2) is 13.3. The summed E-state index contributed by atoms with van der Waals surface area (Å²) in [5, 5.41) is 4.88. The normalized spacial score (nSPS) is 10.3. The van der Waals surface area contributed by atoms with Crippen molar-refractivity contribution in [1.29, 1.82) is 0 Å². The van der Waals surface area contributed by atoms with Crippen molar-refractivity contribution in [3.05, 3.63) is 108 Å². The van der Waals surface area contributed by atoms with Gasteiger partial charge in [-0.15, -0.1) is 0 Å². The molecule has 0 saturated carbocycles. The van der Waals surface area contributed by atoms with E-state index in [4.69, 9.17) is 9.47 Å². The smallest absolute Gasteiger partial charge is 0.325 e. The van der Waals surface area contributed by atoms with Gasteiger partial charge in [0.15, 0.2) is 0 Å². The Morgan fingerprint density at radius 1 is 0.571 bits per heavy atom. The third kappa shape index (κ3) is 8.43. The number of hydrogen-bond donors (Lipinski definition) is 2. The Morgan fingerprint density at radius 2 is 0.943 bits per heavy atom. The number of carbonyl (C=O) groups excluding carboxylic acids is 4. The molecule has 2 N–H and O–H groups in total. The van der Waals surface area contributed by atoms with E-state index < -0.39 is 42.8 Å². The van der Waals surface area contributed by atoms with Gasteiger partial charge in [-0.05, 0) is 16.7 Å². The van der Waals surface area contributed by atoms with Gasteiger partial charge in [-0.25, -0.2) is 0 Å². The summed E-state index contributed by atoms with van der Waals surface area (Å²) >= 11 is 0. The van der Waals surface area contributed by atoms with Crippen molar-refractivity contribution < 1.29 is 28.7 Å². The molecule has 3 aromatic carbocycles. The maximum Gasteiger partial charge on any atom is 0.325 e. The number of rotatable bonds is 11. The van der Waals surface area contributed by atoms with Crippen molar-refractivity contribution in [2.45, 2.75) is 19.1 Å². The monoisotopic (exact) mass is 474 g/mol. The van der Waals surface area contributed by atoms with E-state index in [0.29, 0.717) is 5.56 Å². The first-order valence-corrected chi connectivity index (χ1v) is 11.0. The summed E-state index contributed by atoms with van der Waals surface area (Å²) < 4.78 is 10.3. The van der Waals surface area contributed by atoms with Gasteiger partial charge >= 0.3 is 11.9 Å². The number of benzene rings is 3. The number of ether oxygens (including phenoxy) is 2. The van der Waals surface area contributed by atoms with E-state index in [1.807, 2.05) is 60.7 Å². The molecule has 0 unspecified atom stereocenters. The third-order valence-corrected chi connectivity index (χ3v) is 4.96. The van der Waals surface area contributed by atoms with Crippen molar-refractivity contribution in [2.24, 2.45) is 0 Å². The molecule has 0 aliphatic carbocycles. The fraction of sp³-hybridized carbons (Fsp3) is 0.185. The van der Waals surface area contributed by atoms with E-state index in [1.165, 1.54) is 0 Å². The van der Waals surface area contributed by atoms with Gasteiger partial charge < -0.3 is 20.1 Å². The number of esters is 2. The van der Waals surface area contributed by atoms with Crippen LogP contribution in [0.1, 0.15) is 22.6 Å². The van der Waals surface area contributed by atoms with Crippen molar-refractivity contribution in [1.82, 2.24) is 10.6 Å². The predicted molar refractivity (Wildman–Crippen MR) is 128 cm³/mol. The van der Waals surface area contributed by atoms with Crippen LogP contribution in [0.5, 0.6) is 0 Å². The predicted octanol–water partition coefficient (Wildman–Crippen LogP) is 2.49. The zero-order chi connectivity index (χ0) is 24.9. The summed E-state index contributed by atoms with van der Waals surface area (Å²) in [6, 6.07) is 26.6. The summed E-state index contributed by atoms with van der Waals surface area (Å²) in [5.41, 5.74) is 2.04. The highest BCUT2D eigenvalue weighted by atomic mass is 16.5. The quantitative estimate of drug-likeness (QED) is 0.326. The fourth-order valence-corrected chi connectivity index (χ4v) is 3.17. The zero-order valence-corrected chi connectivity index (χ0v) is 19.0. The van der Waals surface area contributed by atoms with Gasteiger partial charge in [0, 0.05) is 0 Å².